The maximum absolute atomic E-state index is 13.3. The van der Waals surface area contributed by atoms with Crippen LogP contribution in [0.2, 0.25) is 10.0 Å². The predicted molar refractivity (Wildman–Crippen MR) is 81.0 cm³/mol. The third-order valence-corrected chi connectivity index (χ3v) is 3.71. The molecule has 0 spiro atoms. The van der Waals surface area contributed by atoms with Crippen molar-refractivity contribution in [2.24, 2.45) is 0 Å². The van der Waals surface area contributed by atoms with Crippen LogP contribution >= 0.6 is 23.2 Å². The zero-order chi connectivity index (χ0) is 14.7. The summed E-state index contributed by atoms with van der Waals surface area (Å²) in [6.45, 7) is 4.76. The number of rotatable bonds is 5. The quantitative estimate of drug-likeness (QED) is 0.794. The Labute approximate surface area is 127 Å². The molecule has 0 saturated carbocycles. The summed E-state index contributed by atoms with van der Waals surface area (Å²) in [5.41, 5.74) is 1.57. The lowest BCUT2D eigenvalue weighted by atomic mass is 10.3. The Kier molecular flexibility index (Phi) is 4.89. The van der Waals surface area contributed by atoms with Crippen molar-refractivity contribution < 1.29 is 4.39 Å². The fourth-order valence-corrected chi connectivity index (χ4v) is 2.24. The number of nitrogens with zero attached hydrogens (tertiary/aromatic N) is 2. The van der Waals surface area contributed by atoms with Crippen molar-refractivity contribution in [1.29, 1.82) is 0 Å². The molecule has 0 aliphatic rings. The number of hydrogen-bond acceptors (Lipinski definition) is 2. The van der Waals surface area contributed by atoms with Crippen LogP contribution in [0.4, 0.5) is 10.1 Å². The molecule has 0 fully saturated rings. The van der Waals surface area contributed by atoms with E-state index in [0.29, 0.717) is 18.3 Å². The molecule has 1 unspecified atom stereocenters. The van der Waals surface area contributed by atoms with Crippen molar-refractivity contribution in [2.75, 3.05) is 5.32 Å². The molecule has 1 N–H and O–H groups in total. The highest BCUT2D eigenvalue weighted by molar-refractivity contribution is 6.35. The summed E-state index contributed by atoms with van der Waals surface area (Å²) in [5.74, 6) is -0.597. The number of hydrogen-bond donors (Lipinski definition) is 1. The Morgan fingerprint density at radius 1 is 1.35 bits per heavy atom. The fourth-order valence-electron chi connectivity index (χ4n) is 1.75. The second kappa shape index (κ2) is 6.46. The fraction of sp³-hybridized carbons (Fsp3) is 0.357. The lowest BCUT2D eigenvalue weighted by Crippen LogP contribution is -2.06. The van der Waals surface area contributed by atoms with E-state index < -0.39 is 5.82 Å². The van der Waals surface area contributed by atoms with E-state index in [1.807, 2.05) is 16.9 Å². The molecule has 0 aliphatic heterocycles. The average molecular weight is 316 g/mol. The standard InChI is InChI=1S/C14H16Cl2FN3/c1-3-9(2)20-5-4-10(19-20)8-18-11-6-12(15)14(17)13(16)7-11/h4-7,9,18H,3,8H2,1-2H3. The first-order valence-electron chi connectivity index (χ1n) is 6.43. The van der Waals surface area contributed by atoms with E-state index in [0.717, 1.165) is 12.1 Å². The normalized spacial score (nSPS) is 12.4. The molecule has 1 aromatic heterocycles. The molecular weight excluding hydrogens is 300 g/mol. The molecule has 3 nitrogen and oxygen atoms in total. The van der Waals surface area contributed by atoms with Crippen LogP contribution in [0, 0.1) is 5.82 Å². The molecule has 0 radical (unpaired) electrons. The first-order valence-corrected chi connectivity index (χ1v) is 7.19. The summed E-state index contributed by atoms with van der Waals surface area (Å²) < 4.78 is 15.2. The lowest BCUT2D eigenvalue weighted by molar-refractivity contribution is 0.474. The molecule has 1 heterocycles. The lowest BCUT2D eigenvalue weighted by Gasteiger charge is -2.09. The van der Waals surface area contributed by atoms with Gasteiger partial charge < -0.3 is 5.32 Å². The molecule has 2 aromatic rings. The summed E-state index contributed by atoms with van der Waals surface area (Å²) in [6.07, 6.45) is 2.98. The van der Waals surface area contributed by atoms with E-state index in [2.05, 4.69) is 24.3 Å². The zero-order valence-corrected chi connectivity index (χ0v) is 12.8. The molecule has 108 valence electrons. The number of aromatic nitrogens is 2. The van der Waals surface area contributed by atoms with Gasteiger partial charge in [-0.05, 0) is 31.5 Å². The zero-order valence-electron chi connectivity index (χ0n) is 11.3. The molecule has 20 heavy (non-hydrogen) atoms. The monoisotopic (exact) mass is 315 g/mol. The third-order valence-electron chi connectivity index (χ3n) is 3.16. The number of benzene rings is 1. The van der Waals surface area contributed by atoms with Crippen LogP contribution in [0.15, 0.2) is 24.4 Å². The highest BCUT2D eigenvalue weighted by Gasteiger charge is 2.08. The largest absolute Gasteiger partial charge is 0.379 e. The third kappa shape index (κ3) is 3.44. The first-order chi connectivity index (χ1) is 9.51. The van der Waals surface area contributed by atoms with E-state index in [1.54, 1.807) is 0 Å². The Hall–Kier alpha value is -1.26. The number of halogens is 3. The van der Waals surface area contributed by atoms with Gasteiger partial charge in [0.2, 0.25) is 0 Å². The van der Waals surface area contributed by atoms with Crippen molar-refractivity contribution in [2.45, 2.75) is 32.9 Å². The molecule has 1 aromatic carbocycles. The average Bonchev–Trinajstić information content (AvgIpc) is 2.90. The topological polar surface area (TPSA) is 29.9 Å². The van der Waals surface area contributed by atoms with Crippen LogP contribution in [-0.4, -0.2) is 9.78 Å². The Morgan fingerprint density at radius 2 is 2.00 bits per heavy atom. The second-order valence-electron chi connectivity index (χ2n) is 4.65. The van der Waals surface area contributed by atoms with E-state index in [4.69, 9.17) is 23.2 Å². The van der Waals surface area contributed by atoms with E-state index >= 15 is 0 Å². The Morgan fingerprint density at radius 3 is 2.60 bits per heavy atom. The maximum Gasteiger partial charge on any atom is 0.160 e. The van der Waals surface area contributed by atoms with Crippen molar-refractivity contribution in [3.63, 3.8) is 0 Å². The highest BCUT2D eigenvalue weighted by atomic mass is 35.5. The molecule has 0 saturated heterocycles. The van der Waals surface area contributed by atoms with Crippen LogP contribution in [0.25, 0.3) is 0 Å². The number of nitrogens with one attached hydrogen (secondary N) is 1. The molecule has 1 atom stereocenters. The van der Waals surface area contributed by atoms with Crippen LogP contribution < -0.4 is 5.32 Å². The molecule has 2 rings (SSSR count). The summed E-state index contributed by atoms with van der Waals surface area (Å²) in [5, 5.41) is 7.61. The molecule has 0 bridgehead atoms. The van der Waals surface area contributed by atoms with Crippen LogP contribution in [0.1, 0.15) is 32.0 Å². The van der Waals surface area contributed by atoms with Crippen molar-refractivity contribution in [3.8, 4) is 0 Å². The van der Waals surface area contributed by atoms with Gasteiger partial charge in [0, 0.05) is 17.9 Å². The van der Waals surface area contributed by atoms with Crippen LogP contribution in [0.3, 0.4) is 0 Å². The second-order valence-corrected chi connectivity index (χ2v) is 5.47. The molecule has 6 heteroatoms. The summed E-state index contributed by atoms with van der Waals surface area (Å²) in [4.78, 5) is 0. The van der Waals surface area contributed by atoms with Gasteiger partial charge in [0.1, 0.15) is 0 Å². The van der Waals surface area contributed by atoms with Gasteiger partial charge in [-0.15, -0.1) is 0 Å². The Bertz CT molecular complexity index is 575. The minimum atomic E-state index is -0.597. The summed E-state index contributed by atoms with van der Waals surface area (Å²) in [7, 11) is 0. The molecule has 0 aliphatic carbocycles. The first kappa shape index (κ1) is 15.1. The van der Waals surface area contributed by atoms with Gasteiger partial charge in [0.25, 0.3) is 0 Å². The summed E-state index contributed by atoms with van der Waals surface area (Å²) >= 11 is 11.5. The SMILES string of the molecule is CCC(C)n1ccc(CNc2cc(Cl)c(F)c(Cl)c2)n1. The number of anilines is 1. The van der Waals surface area contributed by atoms with E-state index in [-0.39, 0.29) is 10.0 Å². The van der Waals surface area contributed by atoms with Gasteiger partial charge in [-0.1, -0.05) is 30.1 Å². The van der Waals surface area contributed by atoms with Gasteiger partial charge in [-0.3, -0.25) is 4.68 Å². The van der Waals surface area contributed by atoms with Crippen LogP contribution in [-0.2, 0) is 6.54 Å². The van der Waals surface area contributed by atoms with E-state index in [9.17, 15) is 4.39 Å². The smallest absolute Gasteiger partial charge is 0.160 e. The maximum atomic E-state index is 13.3. The van der Waals surface area contributed by atoms with Gasteiger partial charge in [-0.25, -0.2) is 4.39 Å². The van der Waals surface area contributed by atoms with Crippen molar-refractivity contribution in [3.05, 3.63) is 46.0 Å². The van der Waals surface area contributed by atoms with Gasteiger partial charge in [0.15, 0.2) is 5.82 Å². The minimum Gasteiger partial charge on any atom is -0.379 e. The Balaban J connectivity index is 2.03. The van der Waals surface area contributed by atoms with E-state index in [1.165, 1.54) is 12.1 Å². The minimum absolute atomic E-state index is 0.00475. The van der Waals surface area contributed by atoms with Crippen molar-refractivity contribution in [1.82, 2.24) is 9.78 Å². The van der Waals surface area contributed by atoms with Crippen LogP contribution in [0.5, 0.6) is 0 Å². The van der Waals surface area contributed by atoms with Gasteiger partial charge in [-0.2, -0.15) is 5.10 Å². The predicted octanol–water partition coefficient (Wildman–Crippen LogP) is 4.91. The molecular formula is C14H16Cl2FN3. The van der Waals surface area contributed by atoms with Gasteiger partial charge >= 0.3 is 0 Å². The molecule has 0 amide bonds. The highest BCUT2D eigenvalue weighted by Crippen LogP contribution is 2.27. The van der Waals surface area contributed by atoms with Gasteiger partial charge in [0.05, 0.1) is 22.3 Å². The summed E-state index contributed by atoms with van der Waals surface area (Å²) in [6, 6.07) is 5.34. The van der Waals surface area contributed by atoms with Crippen molar-refractivity contribution >= 4 is 28.9 Å².